The molecule has 5 nitrogen and oxygen atoms in total. The average Bonchev–Trinajstić information content (AvgIpc) is 2.97. The summed E-state index contributed by atoms with van der Waals surface area (Å²) in [5, 5.41) is 18.2. The van der Waals surface area contributed by atoms with Crippen LogP contribution in [-0.4, -0.2) is 31.6 Å². The minimum atomic E-state index is -0.802. The second-order valence-corrected chi connectivity index (χ2v) is 6.78. The van der Waals surface area contributed by atoms with E-state index in [-0.39, 0.29) is 11.3 Å². The van der Waals surface area contributed by atoms with Crippen LogP contribution >= 0.6 is 11.8 Å². The molecule has 0 radical (unpaired) electrons. The van der Waals surface area contributed by atoms with Crippen molar-refractivity contribution in [2.24, 2.45) is 0 Å². The van der Waals surface area contributed by atoms with E-state index in [9.17, 15) is 4.79 Å². The molecule has 1 heterocycles. The quantitative estimate of drug-likeness (QED) is 0.840. The zero-order valence-electron chi connectivity index (χ0n) is 11.1. The van der Waals surface area contributed by atoms with Gasteiger partial charge in [-0.1, -0.05) is 24.6 Å². The zero-order chi connectivity index (χ0) is 13.5. The summed E-state index contributed by atoms with van der Waals surface area (Å²) in [7, 11) is 0. The molecule has 3 rings (SSSR count). The molecule has 0 unspecified atom stereocenters. The first-order valence-corrected chi connectivity index (χ1v) is 7.89. The fourth-order valence-electron chi connectivity index (χ4n) is 2.97. The van der Waals surface area contributed by atoms with Crippen molar-refractivity contribution in [3.05, 3.63) is 5.82 Å². The molecule has 0 spiro atoms. The van der Waals surface area contributed by atoms with Crippen molar-refractivity contribution in [3.63, 3.8) is 0 Å². The predicted molar refractivity (Wildman–Crippen MR) is 72.5 cm³/mol. The lowest BCUT2D eigenvalue weighted by Crippen LogP contribution is -2.29. The van der Waals surface area contributed by atoms with E-state index in [1.165, 1.54) is 37.4 Å². The summed E-state index contributed by atoms with van der Waals surface area (Å²) < 4.78 is 2.26. The molecule has 1 N–H and O–H groups in total. The first kappa shape index (κ1) is 13.0. The van der Waals surface area contributed by atoms with Gasteiger partial charge in [-0.2, -0.15) is 0 Å². The minimum absolute atomic E-state index is 0.0544. The van der Waals surface area contributed by atoms with Crippen LogP contribution in [0, 0.1) is 0 Å². The van der Waals surface area contributed by atoms with Gasteiger partial charge in [0.15, 0.2) is 5.16 Å². The lowest BCUT2D eigenvalue weighted by Gasteiger charge is -2.28. The van der Waals surface area contributed by atoms with Gasteiger partial charge in [0.2, 0.25) is 0 Å². The Morgan fingerprint density at radius 2 is 2.11 bits per heavy atom. The monoisotopic (exact) mass is 281 g/mol. The number of aromatic nitrogens is 3. The number of carbonyl (C=O) groups is 1. The molecular formula is C13H19N3O2S. The maximum absolute atomic E-state index is 10.8. The fourth-order valence-corrected chi connectivity index (χ4v) is 3.77. The van der Waals surface area contributed by atoms with Crippen LogP contribution in [0.2, 0.25) is 0 Å². The Balaban J connectivity index is 1.93. The van der Waals surface area contributed by atoms with Gasteiger partial charge in [0.25, 0.3) is 0 Å². The van der Waals surface area contributed by atoms with Gasteiger partial charge < -0.3 is 5.11 Å². The highest BCUT2D eigenvalue weighted by molar-refractivity contribution is 7.99. The highest BCUT2D eigenvalue weighted by Crippen LogP contribution is 2.45. The van der Waals surface area contributed by atoms with E-state index >= 15 is 0 Å². The topological polar surface area (TPSA) is 68.0 Å². The number of hydrogen-bond donors (Lipinski definition) is 1. The Kier molecular flexibility index (Phi) is 3.28. The SMILES string of the molecule is CC1(n2c(SCC(=O)O)nnc2C2CC2)CCCC1. The van der Waals surface area contributed by atoms with E-state index in [4.69, 9.17) is 5.11 Å². The van der Waals surface area contributed by atoms with Crippen LogP contribution in [0.3, 0.4) is 0 Å². The summed E-state index contributed by atoms with van der Waals surface area (Å²) in [4.78, 5) is 10.8. The van der Waals surface area contributed by atoms with E-state index in [0.29, 0.717) is 5.92 Å². The molecule has 0 aromatic carbocycles. The molecule has 0 atom stereocenters. The number of rotatable bonds is 5. The Hall–Kier alpha value is -1.04. The third-order valence-corrected chi connectivity index (χ3v) is 5.06. The predicted octanol–water partition coefficient (Wildman–Crippen LogP) is 2.62. The summed E-state index contributed by atoms with van der Waals surface area (Å²) in [5.41, 5.74) is 0.0856. The number of aliphatic carboxylic acids is 1. The van der Waals surface area contributed by atoms with Gasteiger partial charge in [0.05, 0.1) is 5.75 Å². The minimum Gasteiger partial charge on any atom is -0.481 e. The van der Waals surface area contributed by atoms with Crippen molar-refractivity contribution < 1.29 is 9.90 Å². The second-order valence-electron chi connectivity index (χ2n) is 5.84. The molecule has 19 heavy (non-hydrogen) atoms. The summed E-state index contributed by atoms with van der Waals surface area (Å²) in [6.07, 6.45) is 7.15. The van der Waals surface area contributed by atoms with Gasteiger partial charge in [0.1, 0.15) is 5.82 Å². The molecule has 2 aliphatic rings. The van der Waals surface area contributed by atoms with Crippen molar-refractivity contribution >= 4 is 17.7 Å². The zero-order valence-corrected chi connectivity index (χ0v) is 11.9. The van der Waals surface area contributed by atoms with Gasteiger partial charge >= 0.3 is 5.97 Å². The molecule has 2 aliphatic carbocycles. The molecule has 2 fully saturated rings. The molecule has 1 aromatic heterocycles. The lowest BCUT2D eigenvalue weighted by molar-refractivity contribution is -0.133. The Morgan fingerprint density at radius 3 is 2.68 bits per heavy atom. The van der Waals surface area contributed by atoms with E-state index in [1.54, 1.807) is 0 Å². The summed E-state index contributed by atoms with van der Waals surface area (Å²) >= 11 is 1.30. The largest absolute Gasteiger partial charge is 0.481 e. The highest BCUT2D eigenvalue weighted by atomic mass is 32.2. The van der Waals surface area contributed by atoms with Crippen LogP contribution in [0.15, 0.2) is 5.16 Å². The Morgan fingerprint density at radius 1 is 1.42 bits per heavy atom. The average molecular weight is 281 g/mol. The molecule has 104 valence electrons. The van der Waals surface area contributed by atoms with Crippen molar-refractivity contribution in [3.8, 4) is 0 Å². The lowest BCUT2D eigenvalue weighted by atomic mass is 10.00. The molecular weight excluding hydrogens is 262 g/mol. The number of carboxylic acid groups (broad SMARTS) is 1. The van der Waals surface area contributed by atoms with E-state index in [1.807, 2.05) is 0 Å². The molecule has 2 saturated carbocycles. The highest BCUT2D eigenvalue weighted by Gasteiger charge is 2.39. The van der Waals surface area contributed by atoms with Crippen LogP contribution in [0.1, 0.15) is 57.2 Å². The molecule has 1 aromatic rings. The van der Waals surface area contributed by atoms with Crippen LogP contribution in [0.4, 0.5) is 0 Å². The van der Waals surface area contributed by atoms with E-state index in [0.717, 1.165) is 23.8 Å². The summed E-state index contributed by atoms with van der Waals surface area (Å²) in [6, 6.07) is 0. The van der Waals surface area contributed by atoms with Crippen molar-refractivity contribution in [2.45, 2.75) is 62.1 Å². The summed E-state index contributed by atoms with van der Waals surface area (Å²) in [6.45, 7) is 2.26. The molecule has 0 aliphatic heterocycles. The number of carboxylic acids is 1. The van der Waals surface area contributed by atoms with Gasteiger partial charge in [-0.3, -0.25) is 9.36 Å². The number of nitrogens with zero attached hydrogens (tertiary/aromatic N) is 3. The normalized spacial score (nSPS) is 21.7. The van der Waals surface area contributed by atoms with Crippen molar-refractivity contribution in [1.29, 1.82) is 0 Å². The van der Waals surface area contributed by atoms with Crippen LogP contribution in [0.5, 0.6) is 0 Å². The van der Waals surface area contributed by atoms with Gasteiger partial charge in [-0.15, -0.1) is 10.2 Å². The van der Waals surface area contributed by atoms with Crippen LogP contribution < -0.4 is 0 Å². The molecule has 0 saturated heterocycles. The first-order chi connectivity index (χ1) is 9.10. The smallest absolute Gasteiger partial charge is 0.313 e. The summed E-state index contributed by atoms with van der Waals surface area (Å²) in [5.74, 6) is 0.879. The third kappa shape index (κ3) is 2.50. The van der Waals surface area contributed by atoms with Crippen molar-refractivity contribution in [2.75, 3.05) is 5.75 Å². The Bertz CT molecular complexity index is 490. The van der Waals surface area contributed by atoms with E-state index in [2.05, 4.69) is 21.7 Å². The van der Waals surface area contributed by atoms with Gasteiger partial charge in [0, 0.05) is 11.5 Å². The third-order valence-electron chi connectivity index (χ3n) is 4.15. The molecule has 6 heteroatoms. The Labute approximate surface area is 116 Å². The standard InChI is InChI=1S/C13H19N3O2S/c1-13(6-2-3-7-13)16-11(9-4-5-9)14-15-12(16)19-8-10(17)18/h9H,2-8H2,1H3,(H,17,18). The maximum atomic E-state index is 10.8. The molecule has 0 bridgehead atoms. The van der Waals surface area contributed by atoms with Crippen molar-refractivity contribution in [1.82, 2.24) is 14.8 Å². The van der Waals surface area contributed by atoms with Crippen LogP contribution in [-0.2, 0) is 10.3 Å². The second kappa shape index (κ2) is 4.81. The first-order valence-electron chi connectivity index (χ1n) is 6.90. The van der Waals surface area contributed by atoms with E-state index < -0.39 is 5.97 Å². The number of hydrogen-bond acceptors (Lipinski definition) is 4. The fraction of sp³-hybridized carbons (Fsp3) is 0.769. The molecule has 0 amide bonds. The van der Waals surface area contributed by atoms with Gasteiger partial charge in [-0.25, -0.2) is 0 Å². The van der Waals surface area contributed by atoms with Gasteiger partial charge in [-0.05, 0) is 32.6 Å². The number of thioether (sulfide) groups is 1. The maximum Gasteiger partial charge on any atom is 0.313 e. The van der Waals surface area contributed by atoms with Crippen LogP contribution in [0.25, 0.3) is 0 Å².